The number of nitrogens with one attached hydrogen (secondary N) is 1. The first kappa shape index (κ1) is 12.3. The number of nitrogens with two attached hydrogens (primary N) is 1. The zero-order chi connectivity index (χ0) is 12.4. The molecule has 0 amide bonds. The van der Waals surface area contributed by atoms with E-state index >= 15 is 0 Å². The van der Waals surface area contributed by atoms with Gasteiger partial charge in [0.25, 0.3) is 0 Å². The van der Waals surface area contributed by atoms with E-state index in [1.54, 1.807) is 4.90 Å². The minimum Gasteiger partial charge on any atom is -0.385 e. The molecule has 92 valence electrons. The quantitative estimate of drug-likeness (QED) is 0.634. The van der Waals surface area contributed by atoms with Crippen LogP contribution in [0.15, 0.2) is 16.7 Å². The molecular formula is C10H12BrFN4O. The zero-order valence-corrected chi connectivity index (χ0v) is 10.6. The highest BCUT2D eigenvalue weighted by Crippen LogP contribution is 2.21. The summed E-state index contributed by atoms with van der Waals surface area (Å²) in [5.41, 5.74) is 5.38. The molecule has 0 bridgehead atoms. The van der Waals surface area contributed by atoms with E-state index in [4.69, 9.17) is 15.9 Å². The van der Waals surface area contributed by atoms with Gasteiger partial charge in [-0.3, -0.25) is 5.41 Å². The number of amidine groups is 1. The summed E-state index contributed by atoms with van der Waals surface area (Å²) in [6.45, 7) is 1.29. The molecule has 17 heavy (non-hydrogen) atoms. The molecule has 0 radical (unpaired) electrons. The van der Waals surface area contributed by atoms with Crippen LogP contribution < -0.4 is 10.6 Å². The average Bonchev–Trinajstić information content (AvgIpc) is 2.29. The topological polar surface area (TPSA) is 75.2 Å². The molecule has 1 fully saturated rings. The lowest BCUT2D eigenvalue weighted by molar-refractivity contribution is 0.0820. The van der Waals surface area contributed by atoms with Gasteiger partial charge in [0.05, 0.1) is 13.2 Å². The smallest absolute Gasteiger partial charge is 0.166 e. The highest BCUT2D eigenvalue weighted by atomic mass is 79.9. The number of pyridine rings is 1. The molecule has 7 heteroatoms. The maximum absolute atomic E-state index is 13.7. The molecule has 1 aliphatic rings. The van der Waals surface area contributed by atoms with E-state index in [9.17, 15) is 4.39 Å². The molecule has 0 aromatic carbocycles. The van der Waals surface area contributed by atoms with Gasteiger partial charge in [0.15, 0.2) is 11.6 Å². The van der Waals surface area contributed by atoms with Crippen molar-refractivity contribution in [3.8, 4) is 0 Å². The fraction of sp³-hybridized carbons (Fsp3) is 0.400. The number of halogens is 2. The van der Waals surface area contributed by atoms with Crippen LogP contribution in [0.25, 0.3) is 0 Å². The van der Waals surface area contributed by atoms with Crippen LogP contribution in [0.3, 0.4) is 0 Å². The number of ether oxygens (including phenoxy) is 1. The van der Waals surface area contributed by atoms with Crippen LogP contribution >= 0.6 is 15.9 Å². The van der Waals surface area contributed by atoms with Gasteiger partial charge < -0.3 is 15.4 Å². The first-order valence-corrected chi connectivity index (χ1v) is 5.88. The lowest BCUT2D eigenvalue weighted by Crippen LogP contribution is -2.48. The minimum atomic E-state index is -0.492. The Morgan fingerprint density at radius 2 is 2.47 bits per heavy atom. The Hall–Kier alpha value is -1.21. The van der Waals surface area contributed by atoms with Gasteiger partial charge in [0.2, 0.25) is 0 Å². The Labute approximate surface area is 106 Å². The van der Waals surface area contributed by atoms with Gasteiger partial charge in [-0.1, -0.05) is 0 Å². The molecule has 0 saturated carbocycles. The Morgan fingerprint density at radius 3 is 3.12 bits per heavy atom. The van der Waals surface area contributed by atoms with E-state index in [1.165, 1.54) is 12.3 Å². The van der Waals surface area contributed by atoms with Crippen LogP contribution in [0, 0.1) is 11.2 Å². The van der Waals surface area contributed by atoms with Gasteiger partial charge in [0, 0.05) is 17.2 Å². The van der Waals surface area contributed by atoms with E-state index in [0.717, 1.165) is 0 Å². The number of hydrogen-bond donors (Lipinski definition) is 2. The number of hydrogen-bond acceptors (Lipinski definition) is 4. The number of morpholine rings is 1. The van der Waals surface area contributed by atoms with Crippen molar-refractivity contribution >= 4 is 27.6 Å². The normalized spacial score (nSPS) is 20.4. The fourth-order valence-corrected chi connectivity index (χ4v) is 1.97. The van der Waals surface area contributed by atoms with Crippen molar-refractivity contribution in [3.63, 3.8) is 0 Å². The molecule has 1 unspecified atom stereocenters. The summed E-state index contributed by atoms with van der Waals surface area (Å²) in [6.07, 6.45) is 1.05. The zero-order valence-electron chi connectivity index (χ0n) is 8.99. The molecular weight excluding hydrogens is 291 g/mol. The van der Waals surface area contributed by atoms with Crippen molar-refractivity contribution in [2.75, 3.05) is 24.6 Å². The molecule has 0 aliphatic carbocycles. The first-order valence-electron chi connectivity index (χ1n) is 5.09. The van der Waals surface area contributed by atoms with Gasteiger partial charge in [-0.05, 0) is 22.0 Å². The van der Waals surface area contributed by atoms with Crippen LogP contribution in [0.2, 0.25) is 0 Å². The second kappa shape index (κ2) is 4.97. The van der Waals surface area contributed by atoms with Crippen molar-refractivity contribution in [2.24, 2.45) is 5.73 Å². The standard InChI is InChI=1S/C10H12BrFN4O/c11-6-3-7(12)10(15-4-6)16-1-2-17-8(5-16)9(13)14/h3-4,8H,1-2,5H2,(H3,13,14). The number of aromatic nitrogens is 1. The summed E-state index contributed by atoms with van der Waals surface area (Å²) < 4.78 is 19.6. The summed E-state index contributed by atoms with van der Waals surface area (Å²) in [5, 5.41) is 7.33. The lowest BCUT2D eigenvalue weighted by atomic mass is 10.2. The second-order valence-corrected chi connectivity index (χ2v) is 4.64. The third-order valence-electron chi connectivity index (χ3n) is 2.50. The Balaban J connectivity index is 2.19. The molecule has 5 nitrogen and oxygen atoms in total. The van der Waals surface area contributed by atoms with Gasteiger partial charge in [-0.2, -0.15) is 0 Å². The van der Waals surface area contributed by atoms with Crippen molar-refractivity contribution < 1.29 is 9.13 Å². The SMILES string of the molecule is N=C(N)C1CN(c2ncc(Br)cc2F)CCO1. The first-order chi connectivity index (χ1) is 8.08. The predicted octanol–water partition coefficient (Wildman–Crippen LogP) is 1.12. The molecule has 1 aromatic rings. The van der Waals surface area contributed by atoms with Crippen LogP contribution in [0.5, 0.6) is 0 Å². The monoisotopic (exact) mass is 302 g/mol. The summed E-state index contributed by atoms with van der Waals surface area (Å²) in [5.74, 6) is -0.182. The maximum atomic E-state index is 13.7. The molecule has 3 N–H and O–H groups in total. The third-order valence-corrected chi connectivity index (χ3v) is 2.93. The summed E-state index contributed by atoms with van der Waals surface area (Å²) in [6, 6.07) is 1.36. The van der Waals surface area contributed by atoms with Gasteiger partial charge in [-0.15, -0.1) is 0 Å². The molecule has 1 saturated heterocycles. The predicted molar refractivity (Wildman–Crippen MR) is 65.8 cm³/mol. The van der Waals surface area contributed by atoms with E-state index in [-0.39, 0.29) is 11.7 Å². The summed E-state index contributed by atoms with van der Waals surface area (Å²) in [7, 11) is 0. The van der Waals surface area contributed by atoms with E-state index in [1.807, 2.05) is 0 Å². The largest absolute Gasteiger partial charge is 0.385 e. The highest BCUT2D eigenvalue weighted by Gasteiger charge is 2.25. The Bertz CT molecular complexity index is 442. The summed E-state index contributed by atoms with van der Waals surface area (Å²) in [4.78, 5) is 5.77. The minimum absolute atomic E-state index is 0.0489. The summed E-state index contributed by atoms with van der Waals surface area (Å²) >= 11 is 3.16. The molecule has 1 aliphatic heterocycles. The highest BCUT2D eigenvalue weighted by molar-refractivity contribution is 9.10. The van der Waals surface area contributed by atoms with Crippen LogP contribution in [-0.4, -0.2) is 36.6 Å². The van der Waals surface area contributed by atoms with Crippen molar-refractivity contribution in [3.05, 3.63) is 22.6 Å². The third kappa shape index (κ3) is 2.73. The number of anilines is 1. The molecule has 2 rings (SSSR count). The van der Waals surface area contributed by atoms with Crippen LogP contribution in [0.1, 0.15) is 0 Å². The molecule has 1 aromatic heterocycles. The van der Waals surface area contributed by atoms with E-state index in [2.05, 4.69) is 20.9 Å². The molecule has 2 heterocycles. The van der Waals surface area contributed by atoms with E-state index in [0.29, 0.717) is 24.2 Å². The fourth-order valence-electron chi connectivity index (χ4n) is 1.67. The van der Waals surface area contributed by atoms with Crippen molar-refractivity contribution in [1.82, 2.24) is 4.98 Å². The lowest BCUT2D eigenvalue weighted by Gasteiger charge is -2.33. The Kier molecular flexibility index (Phi) is 3.58. The van der Waals surface area contributed by atoms with Gasteiger partial charge in [-0.25, -0.2) is 9.37 Å². The second-order valence-electron chi connectivity index (χ2n) is 3.72. The number of nitrogens with zero attached hydrogens (tertiary/aromatic N) is 2. The van der Waals surface area contributed by atoms with Crippen LogP contribution in [0.4, 0.5) is 10.2 Å². The Morgan fingerprint density at radius 1 is 1.71 bits per heavy atom. The van der Waals surface area contributed by atoms with Gasteiger partial charge in [0.1, 0.15) is 11.9 Å². The van der Waals surface area contributed by atoms with Crippen LogP contribution in [-0.2, 0) is 4.74 Å². The van der Waals surface area contributed by atoms with Crippen molar-refractivity contribution in [2.45, 2.75) is 6.10 Å². The average molecular weight is 303 g/mol. The van der Waals surface area contributed by atoms with E-state index < -0.39 is 11.9 Å². The molecule has 0 spiro atoms. The molecule has 1 atom stereocenters. The van der Waals surface area contributed by atoms with Gasteiger partial charge >= 0.3 is 0 Å². The number of rotatable bonds is 2. The van der Waals surface area contributed by atoms with Crippen molar-refractivity contribution in [1.29, 1.82) is 5.41 Å². The maximum Gasteiger partial charge on any atom is 0.166 e.